The summed E-state index contributed by atoms with van der Waals surface area (Å²) in [5, 5.41) is 9.32. The van der Waals surface area contributed by atoms with Crippen molar-refractivity contribution in [3.05, 3.63) is 29.8 Å². The van der Waals surface area contributed by atoms with Crippen LogP contribution in [-0.4, -0.2) is 24.8 Å². The van der Waals surface area contributed by atoms with Crippen molar-refractivity contribution in [2.24, 2.45) is 0 Å². The molecule has 0 aromatic heterocycles. The quantitative estimate of drug-likeness (QED) is 0.609. The Labute approximate surface area is 101 Å². The van der Waals surface area contributed by atoms with Gasteiger partial charge in [-0.3, -0.25) is 4.79 Å². The Hall–Kier alpha value is -1.55. The van der Waals surface area contributed by atoms with Crippen molar-refractivity contribution in [1.82, 2.24) is 0 Å². The van der Waals surface area contributed by atoms with Gasteiger partial charge in [-0.15, -0.1) is 0 Å². The summed E-state index contributed by atoms with van der Waals surface area (Å²) < 4.78 is 9.97. The van der Waals surface area contributed by atoms with Crippen LogP contribution in [0.25, 0.3) is 0 Å². The maximum atomic E-state index is 10.8. The molecule has 1 rings (SSSR count). The van der Waals surface area contributed by atoms with Crippen LogP contribution in [-0.2, 0) is 9.53 Å². The normalized spacial score (nSPS) is 11.9. The number of carbonyl (C=O) groups excluding carboxylic acids is 1. The lowest BCUT2D eigenvalue weighted by atomic mass is 10.1. The van der Waals surface area contributed by atoms with Crippen LogP contribution >= 0.6 is 0 Å². The summed E-state index contributed by atoms with van der Waals surface area (Å²) in [6, 6.07) is 7.25. The third-order valence-electron chi connectivity index (χ3n) is 2.38. The van der Waals surface area contributed by atoms with Gasteiger partial charge in [-0.25, -0.2) is 0 Å². The van der Waals surface area contributed by atoms with Gasteiger partial charge >= 0.3 is 5.97 Å². The Balaban J connectivity index is 2.30. The molecular formula is C13H18O4. The zero-order chi connectivity index (χ0) is 12.7. The van der Waals surface area contributed by atoms with E-state index in [1.54, 1.807) is 19.1 Å². The van der Waals surface area contributed by atoms with Crippen LogP contribution in [0.1, 0.15) is 31.4 Å². The van der Waals surface area contributed by atoms with E-state index in [0.29, 0.717) is 19.4 Å². The molecule has 17 heavy (non-hydrogen) atoms. The minimum Gasteiger partial charge on any atom is -0.494 e. The first-order chi connectivity index (χ1) is 8.13. The fourth-order valence-corrected chi connectivity index (χ4v) is 1.35. The molecule has 1 aromatic rings. The Kier molecular flexibility index (Phi) is 5.49. The summed E-state index contributed by atoms with van der Waals surface area (Å²) in [6.07, 6.45) is 0.524. The fraction of sp³-hybridized carbons (Fsp3) is 0.462. The molecule has 0 aliphatic heterocycles. The highest BCUT2D eigenvalue weighted by atomic mass is 16.5. The van der Waals surface area contributed by atoms with Gasteiger partial charge in [0, 0.05) is 6.42 Å². The monoisotopic (exact) mass is 238 g/mol. The molecule has 4 nitrogen and oxygen atoms in total. The molecule has 1 N–H and O–H groups in total. The van der Waals surface area contributed by atoms with Crippen LogP contribution in [0, 0.1) is 0 Å². The van der Waals surface area contributed by atoms with E-state index in [-0.39, 0.29) is 5.97 Å². The molecule has 0 amide bonds. The summed E-state index contributed by atoms with van der Waals surface area (Å²) >= 11 is 0. The number of methoxy groups -OCH3 is 1. The van der Waals surface area contributed by atoms with Crippen LogP contribution < -0.4 is 4.74 Å². The first kappa shape index (κ1) is 13.5. The van der Waals surface area contributed by atoms with Crippen molar-refractivity contribution < 1.29 is 19.4 Å². The van der Waals surface area contributed by atoms with E-state index < -0.39 is 6.10 Å². The average molecular weight is 238 g/mol. The molecule has 0 fully saturated rings. The van der Waals surface area contributed by atoms with E-state index in [4.69, 9.17) is 4.74 Å². The molecule has 0 heterocycles. The highest BCUT2D eigenvalue weighted by Gasteiger charge is 2.02. The zero-order valence-corrected chi connectivity index (χ0v) is 10.2. The largest absolute Gasteiger partial charge is 0.494 e. The smallest absolute Gasteiger partial charge is 0.305 e. The van der Waals surface area contributed by atoms with Gasteiger partial charge in [0.2, 0.25) is 0 Å². The SMILES string of the molecule is COC(=O)CCCOc1ccc([C@H](C)O)cc1. The van der Waals surface area contributed by atoms with Crippen molar-refractivity contribution >= 4 is 5.97 Å². The zero-order valence-electron chi connectivity index (χ0n) is 10.2. The Morgan fingerprint density at radius 1 is 1.35 bits per heavy atom. The first-order valence-corrected chi connectivity index (χ1v) is 5.61. The van der Waals surface area contributed by atoms with Crippen LogP contribution in [0.4, 0.5) is 0 Å². The molecule has 0 saturated heterocycles. The van der Waals surface area contributed by atoms with E-state index >= 15 is 0 Å². The standard InChI is InChI=1S/C13H18O4/c1-10(14)11-5-7-12(8-6-11)17-9-3-4-13(15)16-2/h5-8,10,14H,3-4,9H2,1-2H3/t10-/m0/s1. The van der Waals surface area contributed by atoms with Gasteiger partial charge in [-0.1, -0.05) is 12.1 Å². The van der Waals surface area contributed by atoms with E-state index in [1.807, 2.05) is 12.1 Å². The summed E-state index contributed by atoms with van der Waals surface area (Å²) in [6.45, 7) is 2.19. The Bertz CT molecular complexity index is 343. The van der Waals surface area contributed by atoms with E-state index in [0.717, 1.165) is 11.3 Å². The third-order valence-corrected chi connectivity index (χ3v) is 2.38. The minimum absolute atomic E-state index is 0.224. The van der Waals surface area contributed by atoms with Gasteiger partial charge < -0.3 is 14.6 Å². The molecule has 4 heteroatoms. The summed E-state index contributed by atoms with van der Waals surface area (Å²) in [5.74, 6) is 0.511. The van der Waals surface area contributed by atoms with Gasteiger partial charge in [0.1, 0.15) is 5.75 Å². The van der Waals surface area contributed by atoms with E-state index in [1.165, 1.54) is 7.11 Å². The molecule has 94 valence electrons. The highest BCUT2D eigenvalue weighted by Crippen LogP contribution is 2.17. The van der Waals surface area contributed by atoms with Gasteiger partial charge in [-0.2, -0.15) is 0 Å². The van der Waals surface area contributed by atoms with Crippen LogP contribution in [0.3, 0.4) is 0 Å². The maximum absolute atomic E-state index is 10.8. The van der Waals surface area contributed by atoms with Crippen LogP contribution in [0.15, 0.2) is 24.3 Å². The summed E-state index contributed by atoms with van der Waals surface area (Å²) in [4.78, 5) is 10.8. The van der Waals surface area contributed by atoms with Crippen molar-refractivity contribution in [3.63, 3.8) is 0 Å². The summed E-state index contributed by atoms with van der Waals surface area (Å²) in [7, 11) is 1.37. The van der Waals surface area contributed by atoms with E-state index in [2.05, 4.69) is 4.74 Å². The molecule has 1 atom stereocenters. The second-order valence-corrected chi connectivity index (χ2v) is 3.77. The first-order valence-electron chi connectivity index (χ1n) is 5.61. The predicted molar refractivity (Wildman–Crippen MR) is 63.8 cm³/mol. The Morgan fingerprint density at radius 3 is 2.53 bits per heavy atom. The number of benzene rings is 1. The molecule has 0 aliphatic carbocycles. The highest BCUT2D eigenvalue weighted by molar-refractivity contribution is 5.69. The van der Waals surface area contributed by atoms with Gasteiger partial charge in [0.25, 0.3) is 0 Å². The van der Waals surface area contributed by atoms with Crippen molar-refractivity contribution in [3.8, 4) is 5.75 Å². The lowest BCUT2D eigenvalue weighted by molar-refractivity contribution is -0.140. The molecular weight excluding hydrogens is 220 g/mol. The van der Waals surface area contributed by atoms with Crippen molar-refractivity contribution in [1.29, 1.82) is 0 Å². The lowest BCUT2D eigenvalue weighted by Gasteiger charge is -2.08. The van der Waals surface area contributed by atoms with E-state index in [9.17, 15) is 9.90 Å². The molecule has 0 radical (unpaired) electrons. The summed E-state index contributed by atoms with van der Waals surface area (Å²) in [5.41, 5.74) is 0.854. The Morgan fingerprint density at radius 2 is 2.00 bits per heavy atom. The van der Waals surface area contributed by atoms with Gasteiger partial charge in [0.15, 0.2) is 0 Å². The molecule has 0 spiro atoms. The van der Waals surface area contributed by atoms with Crippen LogP contribution in [0.5, 0.6) is 5.75 Å². The molecule has 1 aromatic carbocycles. The number of esters is 1. The molecule has 0 saturated carbocycles. The lowest BCUT2D eigenvalue weighted by Crippen LogP contribution is -2.04. The number of aliphatic hydroxyl groups excluding tert-OH is 1. The fourth-order valence-electron chi connectivity index (χ4n) is 1.35. The average Bonchev–Trinajstić information content (AvgIpc) is 2.34. The molecule has 0 unspecified atom stereocenters. The van der Waals surface area contributed by atoms with Gasteiger partial charge in [0.05, 0.1) is 19.8 Å². The van der Waals surface area contributed by atoms with Crippen molar-refractivity contribution in [2.75, 3.05) is 13.7 Å². The topological polar surface area (TPSA) is 55.8 Å². The second kappa shape index (κ2) is 6.91. The molecule has 0 bridgehead atoms. The minimum atomic E-state index is -0.469. The van der Waals surface area contributed by atoms with Gasteiger partial charge in [-0.05, 0) is 31.0 Å². The number of aliphatic hydroxyl groups is 1. The second-order valence-electron chi connectivity index (χ2n) is 3.77. The predicted octanol–water partition coefficient (Wildman–Crippen LogP) is 2.07. The maximum Gasteiger partial charge on any atom is 0.305 e. The number of carbonyl (C=O) groups is 1. The van der Waals surface area contributed by atoms with Crippen molar-refractivity contribution in [2.45, 2.75) is 25.9 Å². The third kappa shape index (κ3) is 4.87. The number of hydrogen-bond acceptors (Lipinski definition) is 4. The number of rotatable bonds is 6. The molecule has 0 aliphatic rings. The van der Waals surface area contributed by atoms with Crippen LogP contribution in [0.2, 0.25) is 0 Å². The number of hydrogen-bond donors (Lipinski definition) is 1. The number of ether oxygens (including phenoxy) is 2.